The largest absolute Gasteiger partial charge is 0.372 e. The quantitative estimate of drug-likeness (QED) is 0.423. The third kappa shape index (κ3) is 4.49. The summed E-state index contributed by atoms with van der Waals surface area (Å²) in [6, 6.07) is 11.8. The lowest BCUT2D eigenvalue weighted by atomic mass is 10.0. The van der Waals surface area contributed by atoms with E-state index in [4.69, 9.17) is 0 Å². The van der Waals surface area contributed by atoms with Gasteiger partial charge >= 0.3 is 0 Å². The van der Waals surface area contributed by atoms with E-state index in [0.717, 1.165) is 46.5 Å². The number of nitrogens with zero attached hydrogens (tertiary/aromatic N) is 2. The molecule has 26 heavy (non-hydrogen) atoms. The normalized spacial score (nSPS) is 10.7. The molecule has 0 aromatic heterocycles. The van der Waals surface area contributed by atoms with Gasteiger partial charge in [0.2, 0.25) is 0 Å². The lowest BCUT2D eigenvalue weighted by molar-refractivity contribution is 0.103. The smallest absolute Gasteiger partial charge is 0.194 e. The molecule has 0 aliphatic rings. The molecule has 0 heterocycles. The van der Waals surface area contributed by atoms with Crippen molar-refractivity contribution in [2.75, 3.05) is 36.0 Å². The average molecular weight is 482 g/mol. The maximum Gasteiger partial charge on any atom is 0.194 e. The van der Waals surface area contributed by atoms with Crippen molar-refractivity contribution >= 4 is 49.0 Å². The summed E-state index contributed by atoms with van der Waals surface area (Å²) in [6.45, 7) is 12.3. The van der Waals surface area contributed by atoms with Crippen LogP contribution >= 0.6 is 31.9 Å². The number of ketones is 1. The second-order valence-corrected chi connectivity index (χ2v) is 7.71. The first-order chi connectivity index (χ1) is 12.5. The van der Waals surface area contributed by atoms with Crippen LogP contribution in [0, 0.1) is 0 Å². The predicted molar refractivity (Wildman–Crippen MR) is 119 cm³/mol. The van der Waals surface area contributed by atoms with Gasteiger partial charge in [-0.05, 0) is 96.0 Å². The Morgan fingerprint density at radius 3 is 1.92 bits per heavy atom. The van der Waals surface area contributed by atoms with Gasteiger partial charge in [0, 0.05) is 51.9 Å². The van der Waals surface area contributed by atoms with Crippen LogP contribution in [0.3, 0.4) is 0 Å². The molecular formula is C21H26Br2N2O. The molecule has 140 valence electrons. The highest BCUT2D eigenvalue weighted by Gasteiger charge is 2.16. The fourth-order valence-corrected chi connectivity index (χ4v) is 4.27. The fraction of sp³-hybridized carbons (Fsp3) is 0.381. The zero-order valence-corrected chi connectivity index (χ0v) is 19.0. The third-order valence-electron chi connectivity index (χ3n) is 4.64. The van der Waals surface area contributed by atoms with Crippen molar-refractivity contribution in [2.24, 2.45) is 0 Å². The van der Waals surface area contributed by atoms with Crippen molar-refractivity contribution in [1.82, 2.24) is 0 Å². The Morgan fingerprint density at radius 2 is 1.42 bits per heavy atom. The van der Waals surface area contributed by atoms with Crippen LogP contribution in [0.4, 0.5) is 11.4 Å². The molecule has 2 rings (SSSR count). The van der Waals surface area contributed by atoms with Crippen LogP contribution in [0.15, 0.2) is 45.3 Å². The predicted octanol–water partition coefficient (Wildman–Crippen LogP) is 6.14. The maximum atomic E-state index is 13.0. The zero-order valence-electron chi connectivity index (χ0n) is 15.9. The van der Waals surface area contributed by atoms with Gasteiger partial charge in [0.05, 0.1) is 5.69 Å². The van der Waals surface area contributed by atoms with E-state index in [-0.39, 0.29) is 5.78 Å². The highest BCUT2D eigenvalue weighted by molar-refractivity contribution is 9.11. The van der Waals surface area contributed by atoms with Gasteiger partial charge in [0.15, 0.2) is 5.78 Å². The van der Waals surface area contributed by atoms with E-state index in [9.17, 15) is 4.79 Å². The van der Waals surface area contributed by atoms with Crippen molar-refractivity contribution in [2.45, 2.75) is 27.7 Å². The second-order valence-electron chi connectivity index (χ2n) is 6.00. The van der Waals surface area contributed by atoms with Gasteiger partial charge < -0.3 is 9.80 Å². The number of rotatable bonds is 8. The summed E-state index contributed by atoms with van der Waals surface area (Å²) >= 11 is 7.21. The summed E-state index contributed by atoms with van der Waals surface area (Å²) in [5.74, 6) is 0.0229. The van der Waals surface area contributed by atoms with E-state index in [1.165, 1.54) is 0 Å². The number of hydrogen-bond donors (Lipinski definition) is 0. The van der Waals surface area contributed by atoms with Crippen LogP contribution in [0.5, 0.6) is 0 Å². The monoisotopic (exact) mass is 480 g/mol. The molecule has 0 saturated heterocycles. The van der Waals surface area contributed by atoms with Crippen LogP contribution in [-0.4, -0.2) is 32.0 Å². The number of anilines is 2. The molecule has 5 heteroatoms. The molecule has 2 aromatic rings. The molecule has 0 unspecified atom stereocenters. The van der Waals surface area contributed by atoms with E-state index in [0.29, 0.717) is 11.1 Å². The number of carbonyl (C=O) groups is 1. The minimum Gasteiger partial charge on any atom is -0.372 e. The number of hydrogen-bond acceptors (Lipinski definition) is 3. The summed E-state index contributed by atoms with van der Waals surface area (Å²) in [5, 5.41) is 0. The number of carbonyl (C=O) groups excluding carboxylic acids is 1. The Morgan fingerprint density at radius 1 is 0.808 bits per heavy atom. The van der Waals surface area contributed by atoms with Crippen LogP contribution in [0.2, 0.25) is 0 Å². The third-order valence-corrected chi connectivity index (χ3v) is 5.93. The van der Waals surface area contributed by atoms with Crippen LogP contribution < -0.4 is 9.80 Å². The molecule has 0 radical (unpaired) electrons. The Balaban J connectivity index is 2.33. The molecule has 0 aliphatic carbocycles. The average Bonchev–Trinajstić information content (AvgIpc) is 2.64. The van der Waals surface area contributed by atoms with Gasteiger partial charge in [-0.25, -0.2) is 0 Å². The molecule has 3 nitrogen and oxygen atoms in total. The van der Waals surface area contributed by atoms with Crippen molar-refractivity contribution in [1.29, 1.82) is 0 Å². The minimum absolute atomic E-state index is 0.0229. The van der Waals surface area contributed by atoms with Gasteiger partial charge in [-0.2, -0.15) is 0 Å². The van der Waals surface area contributed by atoms with Crippen molar-refractivity contribution in [3.8, 4) is 0 Å². The molecule has 0 amide bonds. The summed E-state index contributed by atoms with van der Waals surface area (Å²) in [7, 11) is 0. The Labute approximate surface area is 173 Å². The van der Waals surface area contributed by atoms with Crippen molar-refractivity contribution in [3.63, 3.8) is 0 Å². The summed E-state index contributed by atoms with van der Waals surface area (Å²) < 4.78 is 1.78. The molecule has 0 aliphatic heterocycles. The first kappa shape index (κ1) is 21.0. The van der Waals surface area contributed by atoms with Gasteiger partial charge in [-0.15, -0.1) is 0 Å². The number of halogens is 2. The first-order valence-electron chi connectivity index (χ1n) is 9.10. The summed E-state index contributed by atoms with van der Waals surface area (Å²) in [6.07, 6.45) is 0. The lowest BCUT2D eigenvalue weighted by Crippen LogP contribution is -2.22. The molecular weight excluding hydrogens is 456 g/mol. The van der Waals surface area contributed by atoms with E-state index in [1.807, 2.05) is 36.4 Å². The first-order valence-corrected chi connectivity index (χ1v) is 10.7. The molecule has 0 saturated carbocycles. The molecule has 0 bridgehead atoms. The SMILES string of the molecule is CCN(CC)c1ccc(C(=O)c2ccc(N(CC)CC)c(Br)c2)c(Br)c1. The highest BCUT2D eigenvalue weighted by atomic mass is 79.9. The van der Waals surface area contributed by atoms with Crippen LogP contribution in [0.1, 0.15) is 43.6 Å². The van der Waals surface area contributed by atoms with Gasteiger partial charge in [0.25, 0.3) is 0 Å². The minimum atomic E-state index is 0.0229. The molecule has 0 N–H and O–H groups in total. The van der Waals surface area contributed by atoms with Gasteiger partial charge in [-0.3, -0.25) is 4.79 Å². The molecule has 0 atom stereocenters. The van der Waals surface area contributed by atoms with Gasteiger partial charge in [0.1, 0.15) is 0 Å². The van der Waals surface area contributed by atoms with E-state index in [2.05, 4.69) is 69.4 Å². The number of benzene rings is 2. The summed E-state index contributed by atoms with van der Waals surface area (Å²) in [4.78, 5) is 17.5. The molecule has 0 spiro atoms. The fourth-order valence-electron chi connectivity index (χ4n) is 3.10. The summed E-state index contributed by atoms with van der Waals surface area (Å²) in [5.41, 5.74) is 3.60. The maximum absolute atomic E-state index is 13.0. The van der Waals surface area contributed by atoms with Crippen LogP contribution in [0.25, 0.3) is 0 Å². The van der Waals surface area contributed by atoms with Crippen molar-refractivity contribution in [3.05, 3.63) is 56.5 Å². The van der Waals surface area contributed by atoms with E-state index in [1.54, 1.807) is 0 Å². The van der Waals surface area contributed by atoms with Crippen LogP contribution in [-0.2, 0) is 0 Å². The Bertz CT molecular complexity index is 769. The lowest BCUT2D eigenvalue weighted by Gasteiger charge is -2.23. The zero-order chi connectivity index (χ0) is 19.3. The molecule has 0 fully saturated rings. The van der Waals surface area contributed by atoms with Crippen molar-refractivity contribution < 1.29 is 4.79 Å². The Hall–Kier alpha value is -1.33. The Kier molecular flexibility index (Phi) is 7.71. The van der Waals surface area contributed by atoms with E-state index >= 15 is 0 Å². The highest BCUT2D eigenvalue weighted by Crippen LogP contribution is 2.30. The molecule has 2 aromatic carbocycles. The topological polar surface area (TPSA) is 23.6 Å². The van der Waals surface area contributed by atoms with E-state index < -0.39 is 0 Å². The standard InChI is InChI=1S/C21H26Br2N2O/c1-5-24(6-2)16-10-11-17(18(22)14-16)21(26)15-9-12-20(19(23)13-15)25(7-3)8-4/h9-14H,5-8H2,1-4H3. The second kappa shape index (κ2) is 9.56. The van der Waals surface area contributed by atoms with Gasteiger partial charge in [-0.1, -0.05) is 0 Å².